The Balaban J connectivity index is 2.68. The van der Waals surface area contributed by atoms with Crippen LogP contribution in [0.25, 0.3) is 10.9 Å². The average Bonchev–Trinajstić information content (AvgIpc) is 2.51. The molecule has 1 atom stereocenters. The monoisotopic (exact) mass is 297 g/mol. The Morgan fingerprint density at radius 3 is 2.73 bits per heavy atom. The fourth-order valence-corrected chi connectivity index (χ4v) is 1.84. The van der Waals surface area contributed by atoms with E-state index in [1.807, 2.05) is 0 Å². The fourth-order valence-electron chi connectivity index (χ4n) is 1.84. The van der Waals surface area contributed by atoms with Gasteiger partial charge in [-0.05, 0) is 19.1 Å². The van der Waals surface area contributed by atoms with Gasteiger partial charge in [-0.25, -0.2) is 9.78 Å². The first-order chi connectivity index (χ1) is 10.4. The molecule has 1 heterocycles. The Kier molecular flexibility index (Phi) is 4.39. The van der Waals surface area contributed by atoms with Crippen molar-refractivity contribution in [3.63, 3.8) is 0 Å². The van der Waals surface area contributed by atoms with Crippen LogP contribution in [0.4, 0.5) is 5.69 Å². The predicted octanol–water partition coefficient (Wildman–Crippen LogP) is 0.871. The van der Waals surface area contributed by atoms with E-state index in [-0.39, 0.29) is 11.5 Å². The van der Waals surface area contributed by atoms with Crippen LogP contribution in [0.2, 0.25) is 0 Å². The molecule has 0 aliphatic carbocycles. The smallest absolute Gasteiger partial charge is 0.356 e. The molecule has 1 aromatic carbocycles. The van der Waals surface area contributed by atoms with Crippen LogP contribution in [0.3, 0.4) is 0 Å². The zero-order chi connectivity index (χ0) is 16.3. The predicted molar refractivity (Wildman–Crippen MR) is 83.0 cm³/mol. The van der Waals surface area contributed by atoms with E-state index in [1.165, 1.54) is 20.1 Å². The topological polar surface area (TPSA) is 108 Å². The van der Waals surface area contributed by atoms with Crippen LogP contribution >= 0.6 is 0 Å². The molecule has 1 unspecified atom stereocenters. The van der Waals surface area contributed by atoms with E-state index in [1.54, 1.807) is 18.2 Å². The number of rotatable bonds is 2. The van der Waals surface area contributed by atoms with E-state index < -0.39 is 12.0 Å². The molecule has 0 fully saturated rings. The quantitative estimate of drug-likeness (QED) is 0.484. The molecule has 2 aromatic rings. The van der Waals surface area contributed by atoms with Gasteiger partial charge in [-0.1, -0.05) is 24.0 Å². The number of carbonyl (C=O) groups excluding carboxylic acids is 2. The van der Waals surface area contributed by atoms with Crippen molar-refractivity contribution in [3.05, 3.63) is 35.5 Å². The van der Waals surface area contributed by atoms with Gasteiger partial charge in [0.1, 0.15) is 11.7 Å². The van der Waals surface area contributed by atoms with Crippen molar-refractivity contribution in [1.82, 2.24) is 4.98 Å². The summed E-state index contributed by atoms with van der Waals surface area (Å²) in [6, 6.07) is 5.82. The molecule has 112 valence electrons. The number of anilines is 1. The molecule has 6 nitrogen and oxygen atoms in total. The number of aromatic nitrogens is 1. The Morgan fingerprint density at radius 1 is 1.36 bits per heavy atom. The third-order valence-corrected chi connectivity index (χ3v) is 3.07. The lowest BCUT2D eigenvalue weighted by Crippen LogP contribution is -2.26. The summed E-state index contributed by atoms with van der Waals surface area (Å²) in [5.74, 6) is 4.64. The number of esters is 1. The van der Waals surface area contributed by atoms with Gasteiger partial charge in [0.25, 0.3) is 0 Å². The fraction of sp³-hybridized carbons (Fsp3) is 0.188. The lowest BCUT2D eigenvalue weighted by molar-refractivity contribution is -0.117. The van der Waals surface area contributed by atoms with Gasteiger partial charge in [0.05, 0.1) is 18.3 Å². The van der Waals surface area contributed by atoms with Crippen LogP contribution in [0, 0.1) is 11.8 Å². The maximum Gasteiger partial charge on any atom is 0.356 e. The van der Waals surface area contributed by atoms with Crippen molar-refractivity contribution in [3.8, 4) is 11.8 Å². The molecule has 0 saturated heterocycles. The SMILES string of the molecule is COC(=O)c1cc(C#CC(N)C(C)=O)c2cccc(N)c2n1. The summed E-state index contributed by atoms with van der Waals surface area (Å²) in [5, 5.41) is 0.677. The highest BCUT2D eigenvalue weighted by Gasteiger charge is 2.13. The number of hydrogen-bond donors (Lipinski definition) is 2. The molecule has 22 heavy (non-hydrogen) atoms. The molecule has 0 bridgehead atoms. The van der Waals surface area contributed by atoms with Crippen molar-refractivity contribution in [2.75, 3.05) is 12.8 Å². The molecule has 0 saturated carbocycles. The minimum absolute atomic E-state index is 0.0913. The Bertz CT molecular complexity index is 818. The molecule has 4 N–H and O–H groups in total. The van der Waals surface area contributed by atoms with Crippen LogP contribution in [-0.2, 0) is 9.53 Å². The molecule has 0 aliphatic heterocycles. The minimum Gasteiger partial charge on any atom is -0.464 e. The van der Waals surface area contributed by atoms with Gasteiger partial charge >= 0.3 is 5.97 Å². The number of benzene rings is 1. The first-order valence-electron chi connectivity index (χ1n) is 6.49. The number of ketones is 1. The largest absolute Gasteiger partial charge is 0.464 e. The molecule has 0 spiro atoms. The number of hydrogen-bond acceptors (Lipinski definition) is 6. The van der Waals surface area contributed by atoms with Gasteiger partial charge in [-0.2, -0.15) is 0 Å². The van der Waals surface area contributed by atoms with E-state index >= 15 is 0 Å². The molecule has 0 aliphatic rings. The molecule has 2 rings (SSSR count). The second-order valence-corrected chi connectivity index (χ2v) is 4.65. The number of carbonyl (C=O) groups is 2. The maximum absolute atomic E-state index is 11.7. The van der Waals surface area contributed by atoms with E-state index in [9.17, 15) is 9.59 Å². The standard InChI is InChI=1S/C16H15N3O3/c1-9(20)12(17)7-6-10-8-14(16(21)22-2)19-15-11(10)4-3-5-13(15)18/h3-5,8,12H,17-18H2,1-2H3. The normalized spacial score (nSPS) is 11.4. The number of para-hydroxylation sites is 1. The average molecular weight is 297 g/mol. The van der Waals surface area contributed by atoms with Crippen LogP contribution in [0.5, 0.6) is 0 Å². The number of Topliss-reactive ketones (excluding diaryl/α,β-unsaturated/α-hetero) is 1. The molecular weight excluding hydrogens is 282 g/mol. The first-order valence-corrected chi connectivity index (χ1v) is 6.49. The Hall–Kier alpha value is -2.91. The number of ether oxygens (including phenoxy) is 1. The molecule has 6 heteroatoms. The third kappa shape index (κ3) is 3.05. The van der Waals surface area contributed by atoms with Gasteiger partial charge in [-0.15, -0.1) is 0 Å². The van der Waals surface area contributed by atoms with Crippen molar-refractivity contribution in [2.24, 2.45) is 5.73 Å². The van der Waals surface area contributed by atoms with Gasteiger partial charge in [0.15, 0.2) is 5.78 Å². The minimum atomic E-state index is -0.883. The molecular formula is C16H15N3O3. The maximum atomic E-state index is 11.7. The van der Waals surface area contributed by atoms with Gasteiger partial charge in [0.2, 0.25) is 0 Å². The summed E-state index contributed by atoms with van der Waals surface area (Å²) in [6.45, 7) is 1.36. The van der Waals surface area contributed by atoms with E-state index in [4.69, 9.17) is 11.5 Å². The van der Waals surface area contributed by atoms with Crippen molar-refractivity contribution in [2.45, 2.75) is 13.0 Å². The zero-order valence-electron chi connectivity index (χ0n) is 12.2. The summed E-state index contributed by atoms with van der Waals surface area (Å²) in [4.78, 5) is 27.1. The Morgan fingerprint density at radius 2 is 2.09 bits per heavy atom. The lowest BCUT2D eigenvalue weighted by Gasteiger charge is -2.06. The van der Waals surface area contributed by atoms with Crippen LogP contribution in [-0.4, -0.2) is 29.9 Å². The number of nitrogens with zero attached hydrogens (tertiary/aromatic N) is 1. The van der Waals surface area contributed by atoms with Gasteiger partial charge in [-0.3, -0.25) is 4.79 Å². The van der Waals surface area contributed by atoms with Crippen LogP contribution in [0.1, 0.15) is 23.0 Å². The van der Waals surface area contributed by atoms with Crippen LogP contribution in [0.15, 0.2) is 24.3 Å². The number of nitrogens with two attached hydrogens (primary N) is 2. The summed E-state index contributed by atoms with van der Waals surface area (Å²) >= 11 is 0. The zero-order valence-corrected chi connectivity index (χ0v) is 12.2. The summed E-state index contributed by atoms with van der Waals surface area (Å²) in [6.07, 6.45) is 0. The van der Waals surface area contributed by atoms with E-state index in [0.29, 0.717) is 22.2 Å². The van der Waals surface area contributed by atoms with E-state index in [2.05, 4.69) is 21.6 Å². The highest BCUT2D eigenvalue weighted by atomic mass is 16.5. The summed E-state index contributed by atoms with van der Waals surface area (Å²) in [7, 11) is 1.26. The number of fused-ring (bicyclic) bond motifs is 1. The lowest BCUT2D eigenvalue weighted by atomic mass is 10.1. The second kappa shape index (κ2) is 6.24. The summed E-state index contributed by atoms with van der Waals surface area (Å²) < 4.78 is 4.67. The third-order valence-electron chi connectivity index (χ3n) is 3.07. The number of methoxy groups -OCH3 is 1. The van der Waals surface area contributed by atoms with Gasteiger partial charge in [0, 0.05) is 10.9 Å². The molecule has 0 radical (unpaired) electrons. The van der Waals surface area contributed by atoms with Crippen molar-refractivity contribution >= 4 is 28.3 Å². The Labute approximate surface area is 127 Å². The molecule has 1 aromatic heterocycles. The van der Waals surface area contributed by atoms with Crippen LogP contribution < -0.4 is 11.5 Å². The highest BCUT2D eigenvalue weighted by Crippen LogP contribution is 2.23. The molecule has 0 amide bonds. The number of pyridine rings is 1. The highest BCUT2D eigenvalue weighted by molar-refractivity contribution is 5.98. The second-order valence-electron chi connectivity index (χ2n) is 4.65. The van der Waals surface area contributed by atoms with Crippen molar-refractivity contribution < 1.29 is 14.3 Å². The van der Waals surface area contributed by atoms with E-state index in [0.717, 1.165) is 0 Å². The van der Waals surface area contributed by atoms with Crippen molar-refractivity contribution in [1.29, 1.82) is 0 Å². The number of nitrogen functional groups attached to an aromatic ring is 1. The summed E-state index contributed by atoms with van der Waals surface area (Å²) in [5.41, 5.74) is 13.0. The first kappa shape index (κ1) is 15.5. The van der Waals surface area contributed by atoms with Gasteiger partial charge < -0.3 is 16.2 Å².